The molecule has 0 saturated carbocycles. The molecule has 5 nitrogen and oxygen atoms in total. The summed E-state index contributed by atoms with van der Waals surface area (Å²) in [5.41, 5.74) is 8.28. The highest BCUT2D eigenvalue weighted by Crippen LogP contribution is 2.18. The Bertz CT molecular complexity index is 503. The lowest BCUT2D eigenvalue weighted by Gasteiger charge is -2.27. The van der Waals surface area contributed by atoms with E-state index in [1.807, 2.05) is 25.1 Å². The number of hydrogen-bond donors (Lipinski definition) is 2. The second-order valence-corrected chi connectivity index (χ2v) is 6.06. The third kappa shape index (κ3) is 4.44. The van der Waals surface area contributed by atoms with Crippen LogP contribution in [0.5, 0.6) is 0 Å². The van der Waals surface area contributed by atoms with E-state index >= 15 is 0 Å². The van der Waals surface area contributed by atoms with Gasteiger partial charge in [-0.25, -0.2) is 0 Å². The van der Waals surface area contributed by atoms with Gasteiger partial charge in [-0.3, -0.25) is 9.69 Å². The summed E-state index contributed by atoms with van der Waals surface area (Å²) in [6.45, 7) is 7.66. The van der Waals surface area contributed by atoms with Gasteiger partial charge in [-0.1, -0.05) is 0 Å². The van der Waals surface area contributed by atoms with Crippen molar-refractivity contribution in [2.24, 2.45) is 0 Å². The zero-order chi connectivity index (χ0) is 15.4. The van der Waals surface area contributed by atoms with E-state index in [0.29, 0.717) is 12.6 Å². The minimum Gasteiger partial charge on any atom is -0.399 e. The first-order valence-electron chi connectivity index (χ1n) is 7.54. The summed E-state index contributed by atoms with van der Waals surface area (Å²) in [5, 5.41) is 2.99. The largest absolute Gasteiger partial charge is 0.399 e. The molecule has 21 heavy (non-hydrogen) atoms. The molecule has 1 aliphatic rings. The molecule has 2 rings (SSSR count). The second-order valence-electron chi connectivity index (χ2n) is 6.06. The summed E-state index contributed by atoms with van der Waals surface area (Å²) < 4.78 is 0. The van der Waals surface area contributed by atoms with Crippen molar-refractivity contribution in [1.82, 2.24) is 9.80 Å². The predicted molar refractivity (Wildman–Crippen MR) is 87.4 cm³/mol. The van der Waals surface area contributed by atoms with Crippen molar-refractivity contribution in [2.75, 3.05) is 44.3 Å². The molecule has 0 aromatic heterocycles. The fourth-order valence-electron chi connectivity index (χ4n) is 2.86. The molecule has 0 bridgehead atoms. The van der Waals surface area contributed by atoms with Gasteiger partial charge in [0.2, 0.25) is 5.91 Å². The molecule has 116 valence electrons. The number of rotatable bonds is 3. The summed E-state index contributed by atoms with van der Waals surface area (Å²) in [7, 11) is 2.14. The van der Waals surface area contributed by atoms with Crippen molar-refractivity contribution < 1.29 is 4.79 Å². The Balaban J connectivity index is 1.94. The van der Waals surface area contributed by atoms with Gasteiger partial charge >= 0.3 is 0 Å². The zero-order valence-corrected chi connectivity index (χ0v) is 13.2. The molecule has 1 fully saturated rings. The number of hydrogen-bond acceptors (Lipinski definition) is 4. The first-order valence-corrected chi connectivity index (χ1v) is 7.54. The average Bonchev–Trinajstić information content (AvgIpc) is 2.55. The fourth-order valence-corrected chi connectivity index (χ4v) is 2.86. The number of nitrogen functional groups attached to an aromatic ring is 1. The quantitative estimate of drug-likeness (QED) is 0.829. The van der Waals surface area contributed by atoms with Gasteiger partial charge < -0.3 is 16.0 Å². The maximum atomic E-state index is 12.3. The molecule has 1 aromatic rings. The molecular weight excluding hydrogens is 264 g/mol. The van der Waals surface area contributed by atoms with Crippen molar-refractivity contribution in [3.05, 3.63) is 23.8 Å². The number of benzene rings is 1. The monoisotopic (exact) mass is 290 g/mol. The fraction of sp³-hybridized carbons (Fsp3) is 0.562. The molecule has 3 N–H and O–H groups in total. The van der Waals surface area contributed by atoms with E-state index in [-0.39, 0.29) is 5.91 Å². The molecular formula is C16H26N4O. The van der Waals surface area contributed by atoms with Gasteiger partial charge in [-0.2, -0.15) is 0 Å². The summed E-state index contributed by atoms with van der Waals surface area (Å²) in [5.74, 6) is 0.0410. The van der Waals surface area contributed by atoms with E-state index in [0.717, 1.165) is 43.0 Å². The molecule has 1 unspecified atom stereocenters. The van der Waals surface area contributed by atoms with Gasteiger partial charge in [-0.05, 0) is 57.6 Å². The predicted octanol–water partition coefficient (Wildman–Crippen LogP) is 1.54. The van der Waals surface area contributed by atoms with Crippen molar-refractivity contribution in [3.63, 3.8) is 0 Å². The van der Waals surface area contributed by atoms with Crippen LogP contribution >= 0.6 is 0 Å². The third-order valence-corrected chi connectivity index (χ3v) is 4.06. The minimum absolute atomic E-state index is 0.0410. The van der Waals surface area contributed by atoms with E-state index in [4.69, 9.17) is 5.73 Å². The summed E-state index contributed by atoms with van der Waals surface area (Å²) in [4.78, 5) is 16.8. The third-order valence-electron chi connectivity index (χ3n) is 4.06. The van der Waals surface area contributed by atoms with Crippen LogP contribution in [0.25, 0.3) is 0 Å². The summed E-state index contributed by atoms with van der Waals surface area (Å²) in [6, 6.07) is 5.95. The molecule has 1 saturated heterocycles. The molecule has 0 aliphatic carbocycles. The number of likely N-dealkylation sites (N-methyl/N-ethyl adjacent to an activating group) is 1. The van der Waals surface area contributed by atoms with Crippen LogP contribution in [-0.4, -0.2) is 55.0 Å². The van der Waals surface area contributed by atoms with Gasteiger partial charge in [0.05, 0.1) is 6.54 Å². The Labute approximate surface area is 127 Å². The van der Waals surface area contributed by atoms with Crippen molar-refractivity contribution in [3.8, 4) is 0 Å². The first kappa shape index (κ1) is 15.8. The SMILES string of the molecule is Cc1cc(N)ccc1NC(=O)CN1CCCN(C)CC1C. The van der Waals surface area contributed by atoms with Crippen molar-refractivity contribution in [1.29, 1.82) is 0 Å². The van der Waals surface area contributed by atoms with Crippen LogP contribution in [0.15, 0.2) is 18.2 Å². The standard InChI is InChI=1S/C16H26N4O/c1-12-9-14(17)5-6-15(12)18-16(21)11-20-8-4-7-19(3)10-13(20)2/h5-6,9,13H,4,7-8,10-11,17H2,1-3H3,(H,18,21). The van der Waals surface area contributed by atoms with Gasteiger partial charge in [0.25, 0.3) is 0 Å². The molecule has 1 aliphatic heterocycles. The van der Waals surface area contributed by atoms with Crippen LogP contribution in [0.1, 0.15) is 18.9 Å². The number of carbonyl (C=O) groups excluding carboxylic acids is 1. The maximum absolute atomic E-state index is 12.3. The number of nitrogens with zero attached hydrogens (tertiary/aromatic N) is 2. The number of nitrogens with two attached hydrogens (primary N) is 1. The number of carbonyl (C=O) groups is 1. The van der Waals surface area contributed by atoms with Crippen LogP contribution in [0.3, 0.4) is 0 Å². The maximum Gasteiger partial charge on any atom is 0.238 e. The van der Waals surface area contributed by atoms with Crippen molar-refractivity contribution >= 4 is 17.3 Å². The number of nitrogens with one attached hydrogen (secondary N) is 1. The summed E-state index contributed by atoms with van der Waals surface area (Å²) >= 11 is 0. The molecule has 0 spiro atoms. The van der Waals surface area contributed by atoms with E-state index in [9.17, 15) is 4.79 Å². The van der Waals surface area contributed by atoms with E-state index in [2.05, 4.69) is 29.1 Å². The van der Waals surface area contributed by atoms with E-state index < -0.39 is 0 Å². The van der Waals surface area contributed by atoms with Crippen LogP contribution in [0.2, 0.25) is 0 Å². The number of anilines is 2. The van der Waals surface area contributed by atoms with E-state index in [1.54, 1.807) is 0 Å². The van der Waals surface area contributed by atoms with Crippen LogP contribution in [-0.2, 0) is 4.79 Å². The van der Waals surface area contributed by atoms with Gasteiger partial charge in [0, 0.05) is 30.5 Å². The van der Waals surface area contributed by atoms with Crippen LogP contribution in [0.4, 0.5) is 11.4 Å². The lowest BCUT2D eigenvalue weighted by atomic mass is 10.2. The molecule has 1 amide bonds. The Morgan fingerprint density at radius 3 is 2.90 bits per heavy atom. The highest BCUT2D eigenvalue weighted by atomic mass is 16.2. The topological polar surface area (TPSA) is 61.6 Å². The summed E-state index contributed by atoms with van der Waals surface area (Å²) in [6.07, 6.45) is 1.11. The van der Waals surface area contributed by atoms with Gasteiger partial charge in [0.15, 0.2) is 0 Å². The first-order chi connectivity index (χ1) is 9.95. The number of aryl methyl sites for hydroxylation is 1. The zero-order valence-electron chi connectivity index (χ0n) is 13.2. The normalized spacial score (nSPS) is 21.0. The second kappa shape index (κ2) is 6.91. The molecule has 1 heterocycles. The Morgan fingerprint density at radius 1 is 1.43 bits per heavy atom. The minimum atomic E-state index is 0.0410. The molecule has 1 aromatic carbocycles. The van der Waals surface area contributed by atoms with Gasteiger partial charge in [-0.15, -0.1) is 0 Å². The Kier molecular flexibility index (Phi) is 5.20. The molecule has 1 atom stereocenters. The Hall–Kier alpha value is -1.59. The van der Waals surface area contributed by atoms with Crippen LogP contribution < -0.4 is 11.1 Å². The molecule has 5 heteroatoms. The number of amides is 1. The van der Waals surface area contributed by atoms with E-state index in [1.165, 1.54) is 0 Å². The molecule has 0 radical (unpaired) electrons. The highest BCUT2D eigenvalue weighted by Gasteiger charge is 2.21. The average molecular weight is 290 g/mol. The Morgan fingerprint density at radius 2 is 2.19 bits per heavy atom. The van der Waals surface area contributed by atoms with Crippen molar-refractivity contribution in [2.45, 2.75) is 26.3 Å². The highest BCUT2D eigenvalue weighted by molar-refractivity contribution is 5.93. The smallest absolute Gasteiger partial charge is 0.238 e. The van der Waals surface area contributed by atoms with Gasteiger partial charge in [0.1, 0.15) is 0 Å². The lowest BCUT2D eigenvalue weighted by Crippen LogP contribution is -2.42. The lowest BCUT2D eigenvalue weighted by molar-refractivity contribution is -0.117. The van der Waals surface area contributed by atoms with Crippen LogP contribution in [0, 0.1) is 6.92 Å².